The first-order chi connectivity index (χ1) is 10.2. The number of rotatable bonds is 4. The second-order valence-electron chi connectivity index (χ2n) is 4.46. The predicted molar refractivity (Wildman–Crippen MR) is 84.7 cm³/mol. The van der Waals surface area contributed by atoms with E-state index in [0.717, 1.165) is 16.0 Å². The minimum atomic E-state index is -0.301. The van der Waals surface area contributed by atoms with Crippen LogP contribution in [0.1, 0.15) is 5.56 Å². The van der Waals surface area contributed by atoms with Gasteiger partial charge in [-0.2, -0.15) is 0 Å². The molecular formula is C16H12FNOS2. The molecule has 1 heterocycles. The van der Waals surface area contributed by atoms with Crippen molar-refractivity contribution in [2.75, 3.05) is 0 Å². The molecule has 3 aromatic rings. The van der Waals surface area contributed by atoms with Crippen LogP contribution in [0.4, 0.5) is 4.39 Å². The zero-order valence-electron chi connectivity index (χ0n) is 11.0. The highest BCUT2D eigenvalue weighted by Gasteiger charge is 2.17. The summed E-state index contributed by atoms with van der Waals surface area (Å²) in [6.45, 7) is 0. The van der Waals surface area contributed by atoms with Gasteiger partial charge in [-0.05, 0) is 41.6 Å². The van der Waals surface area contributed by atoms with Crippen molar-refractivity contribution in [3.63, 3.8) is 0 Å². The molecular weight excluding hydrogens is 305 g/mol. The van der Waals surface area contributed by atoms with Crippen molar-refractivity contribution >= 4 is 23.1 Å². The number of hydrogen-bond donors (Lipinski definition) is 0. The molecule has 0 saturated carbocycles. The number of benzene rings is 2. The van der Waals surface area contributed by atoms with E-state index in [4.69, 9.17) is 0 Å². The highest BCUT2D eigenvalue weighted by molar-refractivity contribution is 8.00. The van der Waals surface area contributed by atoms with Crippen LogP contribution in [0.15, 0.2) is 64.3 Å². The van der Waals surface area contributed by atoms with Crippen LogP contribution in [0, 0.1) is 11.0 Å². The SMILES string of the molecule is [O-][n+]1c(-c2ccc(F)cc2)csc1SCc1ccccc1. The molecule has 0 amide bonds. The van der Waals surface area contributed by atoms with E-state index in [0.29, 0.717) is 10.0 Å². The molecule has 0 aliphatic heterocycles. The molecule has 0 aliphatic rings. The van der Waals surface area contributed by atoms with Gasteiger partial charge in [0.05, 0.1) is 5.38 Å². The maximum atomic E-state index is 12.9. The van der Waals surface area contributed by atoms with Crippen molar-refractivity contribution in [1.82, 2.24) is 0 Å². The van der Waals surface area contributed by atoms with Crippen LogP contribution >= 0.6 is 23.1 Å². The Hall–Kier alpha value is -1.85. The highest BCUT2D eigenvalue weighted by Crippen LogP contribution is 2.28. The number of nitrogens with zero attached hydrogens (tertiary/aromatic N) is 1. The van der Waals surface area contributed by atoms with E-state index >= 15 is 0 Å². The second-order valence-corrected chi connectivity index (χ2v) is 6.54. The average molecular weight is 317 g/mol. The van der Waals surface area contributed by atoms with Gasteiger partial charge in [-0.3, -0.25) is 0 Å². The third kappa shape index (κ3) is 3.25. The Balaban J connectivity index is 1.78. The Morgan fingerprint density at radius 3 is 2.48 bits per heavy atom. The monoisotopic (exact) mass is 317 g/mol. The maximum Gasteiger partial charge on any atom is 0.309 e. The number of thioether (sulfide) groups is 1. The molecule has 0 aliphatic carbocycles. The fourth-order valence-corrected chi connectivity index (χ4v) is 3.85. The van der Waals surface area contributed by atoms with E-state index in [1.165, 1.54) is 40.8 Å². The van der Waals surface area contributed by atoms with E-state index in [9.17, 15) is 9.60 Å². The van der Waals surface area contributed by atoms with Crippen LogP contribution in [0.5, 0.6) is 0 Å². The van der Waals surface area contributed by atoms with Crippen molar-refractivity contribution in [3.05, 3.63) is 76.6 Å². The summed E-state index contributed by atoms with van der Waals surface area (Å²) < 4.78 is 14.5. The first-order valence-corrected chi connectivity index (χ1v) is 8.24. The summed E-state index contributed by atoms with van der Waals surface area (Å²) >= 11 is 2.93. The van der Waals surface area contributed by atoms with Gasteiger partial charge in [0.15, 0.2) is 0 Å². The van der Waals surface area contributed by atoms with E-state index in [2.05, 4.69) is 0 Å². The van der Waals surface area contributed by atoms with Gasteiger partial charge in [0, 0.05) is 11.3 Å². The molecule has 5 heteroatoms. The molecule has 106 valence electrons. The number of halogens is 1. The molecule has 0 spiro atoms. The van der Waals surface area contributed by atoms with Crippen LogP contribution in [0.25, 0.3) is 11.3 Å². The molecule has 1 aromatic heterocycles. The standard InChI is InChI=1S/C16H12FNOS2/c17-14-8-6-13(7-9-14)15-11-21-16(18(15)19)20-10-12-4-2-1-3-5-12/h1-9,11H,10H2. The first kappa shape index (κ1) is 14.1. The molecule has 0 N–H and O–H groups in total. The van der Waals surface area contributed by atoms with Gasteiger partial charge in [0.2, 0.25) is 5.69 Å². The van der Waals surface area contributed by atoms with Gasteiger partial charge < -0.3 is 5.21 Å². The van der Waals surface area contributed by atoms with Crippen molar-refractivity contribution in [2.45, 2.75) is 10.1 Å². The summed E-state index contributed by atoms with van der Waals surface area (Å²) in [4.78, 5) is 0. The fraction of sp³-hybridized carbons (Fsp3) is 0.0625. The number of thiazole rings is 1. The van der Waals surface area contributed by atoms with Gasteiger partial charge in [0.25, 0.3) is 0 Å². The molecule has 0 fully saturated rings. The van der Waals surface area contributed by atoms with Gasteiger partial charge in [-0.15, -0.1) is 4.73 Å². The topological polar surface area (TPSA) is 26.9 Å². The summed E-state index contributed by atoms with van der Waals surface area (Å²) in [5.74, 6) is 0.456. The lowest BCUT2D eigenvalue weighted by Crippen LogP contribution is -2.28. The minimum Gasteiger partial charge on any atom is -0.617 e. The fourth-order valence-electron chi connectivity index (χ4n) is 1.92. The Morgan fingerprint density at radius 1 is 1.05 bits per heavy atom. The minimum absolute atomic E-state index is 0.301. The Morgan fingerprint density at radius 2 is 1.76 bits per heavy atom. The average Bonchev–Trinajstić information content (AvgIpc) is 2.88. The first-order valence-electron chi connectivity index (χ1n) is 6.38. The smallest absolute Gasteiger partial charge is 0.309 e. The third-order valence-corrected chi connectivity index (χ3v) is 5.24. The van der Waals surface area contributed by atoms with Gasteiger partial charge >= 0.3 is 4.34 Å². The molecule has 0 atom stereocenters. The van der Waals surface area contributed by atoms with Crippen molar-refractivity contribution in [2.24, 2.45) is 0 Å². The van der Waals surface area contributed by atoms with Gasteiger partial charge in [-0.25, -0.2) is 4.39 Å². The molecule has 2 aromatic carbocycles. The molecule has 21 heavy (non-hydrogen) atoms. The van der Waals surface area contributed by atoms with Crippen molar-refractivity contribution < 1.29 is 9.12 Å². The summed E-state index contributed by atoms with van der Waals surface area (Å²) in [6, 6.07) is 16.0. The van der Waals surface area contributed by atoms with E-state index in [-0.39, 0.29) is 5.82 Å². The van der Waals surface area contributed by atoms with Crippen molar-refractivity contribution in [1.29, 1.82) is 0 Å². The van der Waals surface area contributed by atoms with Crippen LogP contribution in [0.3, 0.4) is 0 Å². The largest absolute Gasteiger partial charge is 0.617 e. The van der Waals surface area contributed by atoms with Crippen LogP contribution < -0.4 is 4.73 Å². The Labute approximate surface area is 130 Å². The van der Waals surface area contributed by atoms with Gasteiger partial charge in [-0.1, -0.05) is 41.7 Å². The molecule has 0 unspecified atom stereocenters. The summed E-state index contributed by atoms with van der Waals surface area (Å²) in [5.41, 5.74) is 2.48. The summed E-state index contributed by atoms with van der Waals surface area (Å²) in [6.07, 6.45) is 0. The maximum absolute atomic E-state index is 12.9. The molecule has 3 rings (SSSR count). The number of aromatic nitrogens is 1. The molecule has 0 saturated heterocycles. The molecule has 0 radical (unpaired) electrons. The van der Waals surface area contributed by atoms with Crippen LogP contribution in [-0.2, 0) is 5.75 Å². The lowest BCUT2D eigenvalue weighted by atomic mass is 10.2. The lowest BCUT2D eigenvalue weighted by Gasteiger charge is -2.02. The van der Waals surface area contributed by atoms with Crippen LogP contribution in [0.2, 0.25) is 0 Å². The lowest BCUT2D eigenvalue weighted by molar-refractivity contribution is -0.626. The number of hydrogen-bond acceptors (Lipinski definition) is 3. The molecule has 0 bridgehead atoms. The van der Waals surface area contributed by atoms with Crippen molar-refractivity contribution in [3.8, 4) is 11.3 Å². The predicted octanol–water partition coefficient (Wildman–Crippen LogP) is 4.48. The zero-order chi connectivity index (χ0) is 14.7. The summed E-state index contributed by atoms with van der Waals surface area (Å²) in [7, 11) is 0. The Kier molecular flexibility index (Phi) is 4.22. The third-order valence-electron chi connectivity index (χ3n) is 3.00. The van der Waals surface area contributed by atoms with Gasteiger partial charge in [0.1, 0.15) is 5.82 Å². The van der Waals surface area contributed by atoms with E-state index in [1.54, 1.807) is 12.1 Å². The summed E-state index contributed by atoms with van der Waals surface area (Å²) in [5, 5.41) is 14.1. The molecule has 2 nitrogen and oxygen atoms in total. The normalized spacial score (nSPS) is 10.7. The Bertz CT molecular complexity index is 726. The zero-order valence-corrected chi connectivity index (χ0v) is 12.7. The van der Waals surface area contributed by atoms with Crippen LogP contribution in [-0.4, -0.2) is 0 Å². The second kappa shape index (κ2) is 6.28. The highest BCUT2D eigenvalue weighted by atomic mass is 32.2. The van der Waals surface area contributed by atoms with E-state index < -0.39 is 0 Å². The van der Waals surface area contributed by atoms with E-state index in [1.807, 2.05) is 35.7 Å². The quantitative estimate of drug-likeness (QED) is 0.403.